The molecule has 0 spiro atoms. The minimum Gasteiger partial charge on any atom is -0.483 e. The van der Waals surface area contributed by atoms with E-state index in [2.05, 4.69) is 0 Å². The number of ketones is 1. The lowest BCUT2D eigenvalue weighted by Crippen LogP contribution is -2.25. The molecule has 0 aliphatic heterocycles. The summed E-state index contributed by atoms with van der Waals surface area (Å²) >= 11 is 0. The first kappa shape index (κ1) is 15.1. The molecule has 0 bridgehead atoms. The summed E-state index contributed by atoms with van der Waals surface area (Å²) in [5, 5.41) is 0. The summed E-state index contributed by atoms with van der Waals surface area (Å²) in [6.07, 6.45) is -0.977. The second kappa shape index (κ2) is 5.99. The Bertz CT molecular complexity index is 683. The molecule has 0 radical (unpaired) electrons. The maximum Gasteiger partial charge on any atom is 0.205 e. The number of hydrogen-bond donors (Lipinski definition) is 0. The van der Waals surface area contributed by atoms with Gasteiger partial charge in [0, 0.05) is 6.07 Å². The molecule has 0 N–H and O–H groups in total. The first-order chi connectivity index (χ1) is 9.88. The van der Waals surface area contributed by atoms with E-state index in [1.165, 1.54) is 25.1 Å². The first-order valence-corrected chi connectivity index (χ1v) is 6.30. The Balaban J connectivity index is 2.17. The first-order valence-electron chi connectivity index (χ1n) is 6.30. The van der Waals surface area contributed by atoms with Crippen LogP contribution >= 0.6 is 0 Å². The highest BCUT2D eigenvalue weighted by Gasteiger charge is 2.21. The number of ether oxygens (including phenoxy) is 1. The van der Waals surface area contributed by atoms with Crippen LogP contribution in [-0.4, -0.2) is 11.9 Å². The van der Waals surface area contributed by atoms with Gasteiger partial charge in [0.15, 0.2) is 6.10 Å². The van der Waals surface area contributed by atoms with E-state index in [1.807, 2.05) is 0 Å². The molecule has 2 nitrogen and oxygen atoms in total. The zero-order valence-corrected chi connectivity index (χ0v) is 11.5. The van der Waals surface area contributed by atoms with Gasteiger partial charge < -0.3 is 4.74 Å². The molecule has 0 saturated carbocycles. The van der Waals surface area contributed by atoms with E-state index < -0.39 is 23.5 Å². The summed E-state index contributed by atoms with van der Waals surface area (Å²) < 4.78 is 44.9. The predicted molar refractivity (Wildman–Crippen MR) is 71.9 cm³/mol. The van der Waals surface area contributed by atoms with Gasteiger partial charge in [0.05, 0.1) is 5.56 Å². The molecule has 110 valence electrons. The zero-order valence-electron chi connectivity index (χ0n) is 11.5. The van der Waals surface area contributed by atoms with Crippen molar-refractivity contribution in [2.24, 2.45) is 0 Å². The molecular formula is C16H13F3O2. The van der Waals surface area contributed by atoms with Gasteiger partial charge in [-0.1, -0.05) is 0 Å². The standard InChI is InChI=1S/C16H13F3O2/c1-9-7-12(4-6-14(9)18)21-10(2)16(20)13-5-3-11(17)8-15(13)19/h3-8,10H,1-2H3. The van der Waals surface area contributed by atoms with E-state index in [1.54, 1.807) is 6.92 Å². The van der Waals surface area contributed by atoms with Crippen LogP contribution in [0.4, 0.5) is 13.2 Å². The quantitative estimate of drug-likeness (QED) is 0.795. The Kier molecular flexibility index (Phi) is 4.31. The Morgan fingerprint density at radius 1 is 1.05 bits per heavy atom. The van der Waals surface area contributed by atoms with Gasteiger partial charge in [0.1, 0.15) is 23.2 Å². The van der Waals surface area contributed by atoms with E-state index in [4.69, 9.17) is 4.74 Å². The Morgan fingerprint density at radius 2 is 1.76 bits per heavy atom. The number of aryl methyl sites for hydroxylation is 1. The molecule has 1 atom stereocenters. The predicted octanol–water partition coefficient (Wildman–Crippen LogP) is 4.06. The fourth-order valence-electron chi connectivity index (χ4n) is 1.86. The molecule has 2 aromatic carbocycles. The molecule has 0 aliphatic carbocycles. The summed E-state index contributed by atoms with van der Waals surface area (Å²) in [7, 11) is 0. The molecule has 0 fully saturated rings. The van der Waals surface area contributed by atoms with Crippen molar-refractivity contribution in [2.75, 3.05) is 0 Å². The molecule has 0 aromatic heterocycles. The fraction of sp³-hybridized carbons (Fsp3) is 0.188. The summed E-state index contributed by atoms with van der Waals surface area (Å²) in [5.41, 5.74) is 0.128. The van der Waals surface area contributed by atoms with Gasteiger partial charge in [-0.05, 0) is 49.7 Å². The highest BCUT2D eigenvalue weighted by molar-refractivity contribution is 5.99. The topological polar surface area (TPSA) is 26.3 Å². The minimum atomic E-state index is -0.977. The van der Waals surface area contributed by atoms with Gasteiger partial charge in [0.25, 0.3) is 0 Å². The number of halogens is 3. The van der Waals surface area contributed by atoms with Gasteiger partial charge in [-0.2, -0.15) is 0 Å². The summed E-state index contributed by atoms with van der Waals surface area (Å²) in [6, 6.07) is 6.77. The number of carbonyl (C=O) groups excluding carboxylic acids is 1. The fourth-order valence-corrected chi connectivity index (χ4v) is 1.86. The van der Waals surface area contributed by atoms with Crippen LogP contribution in [0.15, 0.2) is 36.4 Å². The molecule has 0 heterocycles. The maximum absolute atomic E-state index is 13.6. The van der Waals surface area contributed by atoms with Crippen LogP contribution in [0.2, 0.25) is 0 Å². The van der Waals surface area contributed by atoms with E-state index in [0.717, 1.165) is 12.1 Å². The Labute approximate surface area is 120 Å². The lowest BCUT2D eigenvalue weighted by Gasteiger charge is -2.14. The van der Waals surface area contributed by atoms with E-state index in [9.17, 15) is 18.0 Å². The van der Waals surface area contributed by atoms with Crippen molar-refractivity contribution in [3.8, 4) is 5.75 Å². The van der Waals surface area contributed by atoms with Crippen molar-refractivity contribution < 1.29 is 22.7 Å². The lowest BCUT2D eigenvalue weighted by atomic mass is 10.1. The van der Waals surface area contributed by atoms with Crippen molar-refractivity contribution in [1.29, 1.82) is 0 Å². The van der Waals surface area contributed by atoms with E-state index >= 15 is 0 Å². The Morgan fingerprint density at radius 3 is 2.38 bits per heavy atom. The smallest absolute Gasteiger partial charge is 0.205 e. The van der Waals surface area contributed by atoms with Crippen LogP contribution in [-0.2, 0) is 0 Å². The average Bonchev–Trinajstić information content (AvgIpc) is 2.42. The molecular weight excluding hydrogens is 281 g/mol. The minimum absolute atomic E-state index is 0.247. The van der Waals surface area contributed by atoms with Crippen LogP contribution in [0.1, 0.15) is 22.8 Å². The van der Waals surface area contributed by atoms with Crippen molar-refractivity contribution in [1.82, 2.24) is 0 Å². The van der Waals surface area contributed by atoms with Gasteiger partial charge in [-0.3, -0.25) is 4.79 Å². The highest BCUT2D eigenvalue weighted by atomic mass is 19.1. The zero-order chi connectivity index (χ0) is 15.6. The lowest BCUT2D eigenvalue weighted by molar-refractivity contribution is 0.0813. The number of Topliss-reactive ketones (excluding diaryl/α,β-unsaturated/α-hetero) is 1. The third-order valence-electron chi connectivity index (χ3n) is 3.01. The normalized spacial score (nSPS) is 12.0. The van der Waals surface area contributed by atoms with Crippen LogP contribution in [0.25, 0.3) is 0 Å². The molecule has 2 aromatic rings. The molecule has 21 heavy (non-hydrogen) atoms. The van der Waals surface area contributed by atoms with Crippen molar-refractivity contribution in [2.45, 2.75) is 20.0 Å². The summed E-state index contributed by atoms with van der Waals surface area (Å²) in [4.78, 5) is 12.1. The largest absolute Gasteiger partial charge is 0.483 e. The number of benzene rings is 2. The molecule has 0 saturated heterocycles. The molecule has 0 amide bonds. The molecule has 1 unspecified atom stereocenters. The van der Waals surface area contributed by atoms with E-state index in [-0.39, 0.29) is 11.4 Å². The van der Waals surface area contributed by atoms with Crippen LogP contribution in [0, 0.1) is 24.4 Å². The van der Waals surface area contributed by atoms with Crippen LogP contribution in [0.3, 0.4) is 0 Å². The highest BCUT2D eigenvalue weighted by Crippen LogP contribution is 2.19. The number of rotatable bonds is 4. The molecule has 2 rings (SSSR count). The van der Waals surface area contributed by atoms with Crippen molar-refractivity contribution in [3.63, 3.8) is 0 Å². The summed E-state index contributed by atoms with van der Waals surface area (Å²) in [6.45, 7) is 3.01. The second-order valence-corrected chi connectivity index (χ2v) is 4.66. The third-order valence-corrected chi connectivity index (χ3v) is 3.01. The number of carbonyl (C=O) groups is 1. The van der Waals surface area contributed by atoms with Crippen molar-refractivity contribution >= 4 is 5.78 Å². The van der Waals surface area contributed by atoms with Gasteiger partial charge in [0.2, 0.25) is 5.78 Å². The van der Waals surface area contributed by atoms with Gasteiger partial charge in [-0.25, -0.2) is 13.2 Å². The van der Waals surface area contributed by atoms with Crippen LogP contribution in [0.5, 0.6) is 5.75 Å². The van der Waals surface area contributed by atoms with Crippen molar-refractivity contribution in [3.05, 3.63) is 65.0 Å². The summed E-state index contributed by atoms with van der Waals surface area (Å²) in [5.74, 6) is -2.39. The van der Waals surface area contributed by atoms with Gasteiger partial charge in [-0.15, -0.1) is 0 Å². The second-order valence-electron chi connectivity index (χ2n) is 4.66. The molecule has 0 aliphatic rings. The van der Waals surface area contributed by atoms with Gasteiger partial charge >= 0.3 is 0 Å². The number of hydrogen-bond acceptors (Lipinski definition) is 2. The Hall–Kier alpha value is -2.30. The third kappa shape index (κ3) is 3.42. The SMILES string of the molecule is Cc1cc(OC(C)C(=O)c2ccc(F)cc2F)ccc1F. The molecule has 5 heteroatoms. The monoisotopic (exact) mass is 294 g/mol. The van der Waals surface area contributed by atoms with E-state index in [0.29, 0.717) is 17.4 Å². The maximum atomic E-state index is 13.6. The average molecular weight is 294 g/mol. The van der Waals surface area contributed by atoms with Crippen LogP contribution < -0.4 is 4.74 Å².